The molecule has 0 bridgehead atoms. The van der Waals surface area contributed by atoms with Crippen molar-refractivity contribution in [2.75, 3.05) is 6.61 Å². The van der Waals surface area contributed by atoms with Crippen molar-refractivity contribution in [1.29, 1.82) is 0 Å². The number of aromatic nitrogens is 1. The van der Waals surface area contributed by atoms with Crippen molar-refractivity contribution in [2.45, 2.75) is 58.2 Å². The Morgan fingerprint density at radius 2 is 2.47 bits per heavy atom. The van der Waals surface area contributed by atoms with Gasteiger partial charge in [0.15, 0.2) is 0 Å². The summed E-state index contributed by atoms with van der Waals surface area (Å²) < 4.78 is 5.75. The SMILES string of the molecule is CCCC1CC(NCc2ncc(C)s2)CCO1. The zero-order valence-electron chi connectivity index (χ0n) is 10.7. The predicted octanol–water partition coefficient (Wildman–Crippen LogP) is 2.89. The van der Waals surface area contributed by atoms with E-state index >= 15 is 0 Å². The van der Waals surface area contributed by atoms with Gasteiger partial charge < -0.3 is 10.1 Å². The zero-order chi connectivity index (χ0) is 12.1. The lowest BCUT2D eigenvalue weighted by atomic mass is 10.0. The highest BCUT2D eigenvalue weighted by atomic mass is 32.1. The van der Waals surface area contributed by atoms with E-state index in [1.807, 2.05) is 6.20 Å². The van der Waals surface area contributed by atoms with Crippen LogP contribution in [0.25, 0.3) is 0 Å². The highest BCUT2D eigenvalue weighted by Crippen LogP contribution is 2.19. The highest BCUT2D eigenvalue weighted by molar-refractivity contribution is 7.11. The molecule has 96 valence electrons. The van der Waals surface area contributed by atoms with Crippen LogP contribution in [0.3, 0.4) is 0 Å². The summed E-state index contributed by atoms with van der Waals surface area (Å²) in [6, 6.07) is 0.601. The second-order valence-corrected chi connectivity index (χ2v) is 6.07. The molecular weight excluding hydrogens is 232 g/mol. The Morgan fingerprint density at radius 1 is 1.59 bits per heavy atom. The summed E-state index contributed by atoms with van der Waals surface area (Å²) in [5.74, 6) is 0. The van der Waals surface area contributed by atoms with Crippen LogP contribution in [0.15, 0.2) is 6.20 Å². The van der Waals surface area contributed by atoms with E-state index in [0.29, 0.717) is 12.1 Å². The lowest BCUT2D eigenvalue weighted by Crippen LogP contribution is -2.38. The second-order valence-electron chi connectivity index (χ2n) is 4.75. The minimum absolute atomic E-state index is 0.462. The summed E-state index contributed by atoms with van der Waals surface area (Å²) >= 11 is 1.78. The fourth-order valence-corrected chi connectivity index (χ4v) is 3.04. The molecule has 4 heteroatoms. The standard InChI is InChI=1S/C13H22N2OS/c1-3-4-12-7-11(5-6-16-12)14-9-13-15-8-10(2)17-13/h8,11-12,14H,3-7,9H2,1-2H3. The first-order chi connectivity index (χ1) is 8.28. The Hall–Kier alpha value is -0.450. The summed E-state index contributed by atoms with van der Waals surface area (Å²) in [4.78, 5) is 5.67. The van der Waals surface area contributed by atoms with Gasteiger partial charge in [-0.05, 0) is 26.2 Å². The van der Waals surface area contributed by atoms with E-state index in [-0.39, 0.29) is 0 Å². The molecule has 0 amide bonds. The summed E-state index contributed by atoms with van der Waals surface area (Å²) in [5.41, 5.74) is 0. The number of aryl methyl sites for hydroxylation is 1. The Balaban J connectivity index is 1.75. The van der Waals surface area contributed by atoms with Crippen LogP contribution < -0.4 is 5.32 Å². The summed E-state index contributed by atoms with van der Waals surface area (Å²) in [6.45, 7) is 6.13. The third-order valence-corrected chi connectivity index (χ3v) is 4.10. The largest absolute Gasteiger partial charge is 0.378 e. The number of nitrogens with one attached hydrogen (secondary N) is 1. The maximum absolute atomic E-state index is 5.75. The van der Waals surface area contributed by atoms with Crippen LogP contribution in [0.4, 0.5) is 0 Å². The van der Waals surface area contributed by atoms with Gasteiger partial charge in [-0.2, -0.15) is 0 Å². The van der Waals surface area contributed by atoms with Crippen molar-refractivity contribution in [1.82, 2.24) is 10.3 Å². The van der Waals surface area contributed by atoms with Crippen LogP contribution in [0.5, 0.6) is 0 Å². The van der Waals surface area contributed by atoms with Crippen LogP contribution in [-0.4, -0.2) is 23.7 Å². The Bertz CT molecular complexity index is 338. The molecule has 0 aliphatic carbocycles. The summed E-state index contributed by atoms with van der Waals surface area (Å²) in [5, 5.41) is 4.80. The van der Waals surface area contributed by atoms with Crippen LogP contribution in [0.1, 0.15) is 42.5 Å². The maximum Gasteiger partial charge on any atom is 0.107 e. The van der Waals surface area contributed by atoms with Crippen LogP contribution in [-0.2, 0) is 11.3 Å². The molecule has 1 aliphatic rings. The second kappa shape index (κ2) is 6.47. The maximum atomic E-state index is 5.75. The van der Waals surface area contributed by atoms with Gasteiger partial charge in [0, 0.05) is 30.3 Å². The predicted molar refractivity (Wildman–Crippen MR) is 71.4 cm³/mol. The Labute approximate surface area is 108 Å². The highest BCUT2D eigenvalue weighted by Gasteiger charge is 2.21. The van der Waals surface area contributed by atoms with E-state index < -0.39 is 0 Å². The molecule has 1 aromatic rings. The lowest BCUT2D eigenvalue weighted by molar-refractivity contribution is -0.00343. The van der Waals surface area contributed by atoms with Crippen molar-refractivity contribution in [3.63, 3.8) is 0 Å². The van der Waals surface area contributed by atoms with E-state index in [9.17, 15) is 0 Å². The molecule has 0 saturated carbocycles. The smallest absolute Gasteiger partial charge is 0.107 e. The average Bonchev–Trinajstić information content (AvgIpc) is 2.74. The molecule has 1 saturated heterocycles. The normalized spacial score (nSPS) is 25.1. The average molecular weight is 254 g/mol. The van der Waals surface area contributed by atoms with Crippen molar-refractivity contribution in [3.8, 4) is 0 Å². The van der Waals surface area contributed by atoms with Gasteiger partial charge in [-0.25, -0.2) is 4.98 Å². The molecule has 1 fully saturated rings. The third kappa shape index (κ3) is 4.05. The summed E-state index contributed by atoms with van der Waals surface area (Å²) in [6.07, 6.45) is 7.09. The van der Waals surface area contributed by atoms with Gasteiger partial charge in [-0.1, -0.05) is 13.3 Å². The molecule has 0 radical (unpaired) electrons. The first-order valence-electron chi connectivity index (χ1n) is 6.54. The fraction of sp³-hybridized carbons (Fsp3) is 0.769. The Kier molecular flexibility index (Phi) is 4.95. The molecular formula is C13H22N2OS. The number of ether oxygens (including phenoxy) is 1. The number of hydrogen-bond donors (Lipinski definition) is 1. The van der Waals surface area contributed by atoms with Gasteiger partial charge in [0.05, 0.1) is 6.10 Å². The molecule has 2 atom stereocenters. The van der Waals surface area contributed by atoms with E-state index in [2.05, 4.69) is 24.1 Å². The number of rotatable bonds is 5. The molecule has 2 unspecified atom stereocenters. The first-order valence-corrected chi connectivity index (χ1v) is 7.36. The fourth-order valence-electron chi connectivity index (χ4n) is 2.30. The van der Waals surface area contributed by atoms with Gasteiger partial charge in [0.25, 0.3) is 0 Å². The minimum atomic E-state index is 0.462. The van der Waals surface area contributed by atoms with E-state index in [0.717, 1.165) is 26.0 Å². The van der Waals surface area contributed by atoms with Gasteiger partial charge in [-0.15, -0.1) is 11.3 Å². The van der Waals surface area contributed by atoms with Crippen LogP contribution >= 0.6 is 11.3 Å². The molecule has 2 heterocycles. The van der Waals surface area contributed by atoms with Crippen molar-refractivity contribution < 1.29 is 4.74 Å². The molecule has 2 rings (SSSR count). The lowest BCUT2D eigenvalue weighted by Gasteiger charge is -2.30. The quantitative estimate of drug-likeness (QED) is 0.877. The van der Waals surface area contributed by atoms with Crippen LogP contribution in [0.2, 0.25) is 0 Å². The Morgan fingerprint density at radius 3 is 3.18 bits per heavy atom. The zero-order valence-corrected chi connectivity index (χ0v) is 11.6. The van der Waals surface area contributed by atoms with E-state index in [1.165, 1.54) is 22.7 Å². The van der Waals surface area contributed by atoms with Gasteiger partial charge in [-0.3, -0.25) is 0 Å². The van der Waals surface area contributed by atoms with Crippen molar-refractivity contribution in [3.05, 3.63) is 16.1 Å². The topological polar surface area (TPSA) is 34.2 Å². The molecule has 1 aromatic heterocycles. The number of hydrogen-bond acceptors (Lipinski definition) is 4. The number of thiazole rings is 1. The molecule has 0 aromatic carbocycles. The summed E-state index contributed by atoms with van der Waals surface area (Å²) in [7, 11) is 0. The van der Waals surface area contributed by atoms with Gasteiger partial charge in [0.1, 0.15) is 5.01 Å². The minimum Gasteiger partial charge on any atom is -0.378 e. The first kappa shape index (κ1) is 13.0. The molecule has 1 aliphatic heterocycles. The number of nitrogens with zero attached hydrogens (tertiary/aromatic N) is 1. The molecule has 17 heavy (non-hydrogen) atoms. The van der Waals surface area contributed by atoms with Crippen molar-refractivity contribution in [2.24, 2.45) is 0 Å². The van der Waals surface area contributed by atoms with Crippen LogP contribution in [0, 0.1) is 6.92 Å². The molecule has 3 nitrogen and oxygen atoms in total. The van der Waals surface area contributed by atoms with Gasteiger partial charge >= 0.3 is 0 Å². The molecule has 1 N–H and O–H groups in total. The van der Waals surface area contributed by atoms with E-state index in [1.54, 1.807) is 11.3 Å². The molecule has 0 spiro atoms. The third-order valence-electron chi connectivity index (χ3n) is 3.19. The van der Waals surface area contributed by atoms with Crippen molar-refractivity contribution >= 4 is 11.3 Å². The monoisotopic (exact) mass is 254 g/mol. The van der Waals surface area contributed by atoms with Gasteiger partial charge in [0.2, 0.25) is 0 Å². The van der Waals surface area contributed by atoms with E-state index in [4.69, 9.17) is 4.74 Å².